The molecule has 0 fully saturated rings. The number of hydrogen-bond donors (Lipinski definition) is 1. The average molecular weight is 173 g/mol. The minimum atomic E-state index is 0.793. The van der Waals surface area contributed by atoms with E-state index in [1.54, 1.807) is 6.20 Å². The van der Waals surface area contributed by atoms with Gasteiger partial charge in [0, 0.05) is 18.1 Å². The number of rotatable bonds is 2. The summed E-state index contributed by atoms with van der Waals surface area (Å²) in [5, 5.41) is 4.22. The zero-order chi connectivity index (χ0) is 9.10. The van der Waals surface area contributed by atoms with Gasteiger partial charge in [-0.1, -0.05) is 0 Å². The zero-order valence-electron chi connectivity index (χ0n) is 7.49. The Morgan fingerprint density at radius 2 is 2.23 bits per heavy atom. The predicted molar refractivity (Wildman–Crippen MR) is 53.7 cm³/mol. The summed E-state index contributed by atoms with van der Waals surface area (Å²) >= 11 is 0. The maximum absolute atomic E-state index is 4.34. The molecule has 2 aromatic heterocycles. The lowest BCUT2D eigenvalue weighted by Gasteiger charge is -2.02. The minimum absolute atomic E-state index is 0.793. The monoisotopic (exact) mass is 173 g/mol. The topological polar surface area (TPSA) is 37.8 Å². The van der Waals surface area contributed by atoms with E-state index in [4.69, 9.17) is 0 Å². The molecule has 2 heterocycles. The van der Waals surface area contributed by atoms with Crippen molar-refractivity contribution in [3.05, 3.63) is 30.5 Å². The van der Waals surface area contributed by atoms with Gasteiger partial charge < -0.3 is 5.32 Å². The number of pyridine rings is 2. The number of fused-ring (bicyclic) bond motifs is 1. The first-order valence-electron chi connectivity index (χ1n) is 4.36. The van der Waals surface area contributed by atoms with E-state index in [9.17, 15) is 0 Å². The average Bonchev–Trinajstić information content (AvgIpc) is 2.18. The lowest BCUT2D eigenvalue weighted by atomic mass is 10.3. The Bertz CT molecular complexity index is 412. The van der Waals surface area contributed by atoms with Gasteiger partial charge in [-0.3, -0.25) is 0 Å². The molecule has 66 valence electrons. The van der Waals surface area contributed by atoms with E-state index in [1.807, 2.05) is 31.2 Å². The molecule has 13 heavy (non-hydrogen) atoms. The zero-order valence-corrected chi connectivity index (χ0v) is 7.49. The van der Waals surface area contributed by atoms with Gasteiger partial charge in [-0.15, -0.1) is 0 Å². The summed E-state index contributed by atoms with van der Waals surface area (Å²) in [5.41, 5.74) is 0.793. The van der Waals surface area contributed by atoms with Crippen LogP contribution in [0.5, 0.6) is 0 Å². The van der Waals surface area contributed by atoms with Crippen LogP contribution in [0.4, 0.5) is 5.82 Å². The highest BCUT2D eigenvalue weighted by Crippen LogP contribution is 2.11. The van der Waals surface area contributed by atoms with Crippen LogP contribution in [0.1, 0.15) is 6.92 Å². The van der Waals surface area contributed by atoms with Crippen molar-refractivity contribution in [2.45, 2.75) is 6.92 Å². The van der Waals surface area contributed by atoms with E-state index in [2.05, 4.69) is 15.3 Å². The quantitative estimate of drug-likeness (QED) is 0.755. The van der Waals surface area contributed by atoms with Gasteiger partial charge in [0.2, 0.25) is 0 Å². The summed E-state index contributed by atoms with van der Waals surface area (Å²) in [6.45, 7) is 2.93. The number of anilines is 1. The molecule has 0 amide bonds. The second-order valence-electron chi connectivity index (χ2n) is 2.78. The summed E-state index contributed by atoms with van der Waals surface area (Å²) < 4.78 is 0. The smallest absolute Gasteiger partial charge is 0.161 e. The van der Waals surface area contributed by atoms with Crippen molar-refractivity contribution < 1.29 is 0 Å². The van der Waals surface area contributed by atoms with Gasteiger partial charge >= 0.3 is 0 Å². The van der Waals surface area contributed by atoms with Gasteiger partial charge in [-0.2, -0.15) is 0 Å². The first-order valence-corrected chi connectivity index (χ1v) is 4.36. The summed E-state index contributed by atoms with van der Waals surface area (Å²) in [6.07, 6.45) is 1.76. The standard InChI is InChI=1S/C10H11N3/c1-2-11-9-6-5-8-4-3-7-12-10(8)13-9/h3-7H,2H2,1H3,(H,11,12,13). The van der Waals surface area contributed by atoms with Crippen LogP contribution in [0.15, 0.2) is 30.5 Å². The Morgan fingerprint density at radius 3 is 3.08 bits per heavy atom. The molecule has 0 bridgehead atoms. The first kappa shape index (κ1) is 7.98. The SMILES string of the molecule is CCNc1ccc2cccnc2n1. The summed E-state index contributed by atoms with van der Waals surface area (Å²) in [7, 11) is 0. The van der Waals surface area contributed by atoms with Crippen molar-refractivity contribution >= 4 is 16.9 Å². The number of hydrogen-bond acceptors (Lipinski definition) is 3. The van der Waals surface area contributed by atoms with Crippen molar-refractivity contribution in [1.29, 1.82) is 0 Å². The van der Waals surface area contributed by atoms with Crippen molar-refractivity contribution in [1.82, 2.24) is 9.97 Å². The molecule has 0 unspecified atom stereocenters. The van der Waals surface area contributed by atoms with Gasteiger partial charge in [0.15, 0.2) is 5.65 Å². The van der Waals surface area contributed by atoms with Crippen molar-refractivity contribution in [3.63, 3.8) is 0 Å². The number of nitrogens with zero attached hydrogens (tertiary/aromatic N) is 2. The van der Waals surface area contributed by atoms with Crippen LogP contribution in [-0.4, -0.2) is 16.5 Å². The fourth-order valence-electron chi connectivity index (χ4n) is 1.23. The highest BCUT2D eigenvalue weighted by atomic mass is 15.0. The largest absolute Gasteiger partial charge is 0.370 e. The van der Waals surface area contributed by atoms with E-state index >= 15 is 0 Å². The second kappa shape index (κ2) is 3.39. The van der Waals surface area contributed by atoms with Gasteiger partial charge in [0.25, 0.3) is 0 Å². The van der Waals surface area contributed by atoms with Crippen LogP contribution >= 0.6 is 0 Å². The summed E-state index contributed by atoms with van der Waals surface area (Å²) in [4.78, 5) is 8.52. The molecule has 0 aliphatic heterocycles. The molecule has 2 rings (SSSR count). The van der Waals surface area contributed by atoms with E-state index in [0.717, 1.165) is 23.4 Å². The van der Waals surface area contributed by atoms with Crippen LogP contribution in [0.3, 0.4) is 0 Å². The van der Waals surface area contributed by atoms with E-state index in [-0.39, 0.29) is 0 Å². The van der Waals surface area contributed by atoms with Gasteiger partial charge in [0.1, 0.15) is 5.82 Å². The van der Waals surface area contributed by atoms with Crippen molar-refractivity contribution in [2.75, 3.05) is 11.9 Å². The lowest BCUT2D eigenvalue weighted by molar-refractivity contribution is 1.16. The van der Waals surface area contributed by atoms with Gasteiger partial charge in [0.05, 0.1) is 0 Å². The Balaban J connectivity index is 2.49. The third kappa shape index (κ3) is 1.59. The molecule has 0 aliphatic rings. The number of nitrogens with one attached hydrogen (secondary N) is 1. The molecular weight excluding hydrogens is 162 g/mol. The second-order valence-corrected chi connectivity index (χ2v) is 2.78. The molecule has 2 aromatic rings. The molecule has 1 N–H and O–H groups in total. The normalized spacial score (nSPS) is 10.2. The fraction of sp³-hybridized carbons (Fsp3) is 0.200. The maximum atomic E-state index is 4.34. The Kier molecular flexibility index (Phi) is 2.08. The van der Waals surface area contributed by atoms with E-state index in [0.29, 0.717) is 0 Å². The Hall–Kier alpha value is -1.64. The maximum Gasteiger partial charge on any atom is 0.161 e. The minimum Gasteiger partial charge on any atom is -0.370 e. The highest BCUT2D eigenvalue weighted by molar-refractivity contribution is 5.76. The molecule has 3 nitrogen and oxygen atoms in total. The molecule has 0 aromatic carbocycles. The molecule has 0 atom stereocenters. The Labute approximate surface area is 76.8 Å². The third-order valence-corrected chi connectivity index (χ3v) is 1.82. The van der Waals surface area contributed by atoms with E-state index < -0.39 is 0 Å². The molecular formula is C10H11N3. The molecule has 0 saturated carbocycles. The molecule has 0 saturated heterocycles. The Morgan fingerprint density at radius 1 is 1.31 bits per heavy atom. The fourth-order valence-corrected chi connectivity index (χ4v) is 1.23. The number of aromatic nitrogens is 2. The van der Waals surface area contributed by atoms with Crippen LogP contribution in [0.2, 0.25) is 0 Å². The van der Waals surface area contributed by atoms with Gasteiger partial charge in [-0.05, 0) is 31.2 Å². The van der Waals surface area contributed by atoms with Crippen molar-refractivity contribution in [3.8, 4) is 0 Å². The molecule has 0 aliphatic carbocycles. The van der Waals surface area contributed by atoms with Crippen LogP contribution in [0, 0.1) is 0 Å². The molecule has 0 spiro atoms. The summed E-state index contributed by atoms with van der Waals surface area (Å²) in [5.74, 6) is 0.883. The van der Waals surface area contributed by atoms with Crippen molar-refractivity contribution in [2.24, 2.45) is 0 Å². The summed E-state index contributed by atoms with van der Waals surface area (Å²) in [6, 6.07) is 7.91. The molecule has 3 heteroatoms. The third-order valence-electron chi connectivity index (χ3n) is 1.82. The predicted octanol–water partition coefficient (Wildman–Crippen LogP) is 2.06. The lowest BCUT2D eigenvalue weighted by Crippen LogP contribution is -1.99. The first-order chi connectivity index (χ1) is 6.40. The highest BCUT2D eigenvalue weighted by Gasteiger charge is 1.95. The van der Waals surface area contributed by atoms with E-state index in [1.165, 1.54) is 0 Å². The van der Waals surface area contributed by atoms with Gasteiger partial charge in [-0.25, -0.2) is 9.97 Å². The van der Waals surface area contributed by atoms with Crippen LogP contribution < -0.4 is 5.32 Å². The van der Waals surface area contributed by atoms with Crippen LogP contribution in [0.25, 0.3) is 11.0 Å². The molecule has 0 radical (unpaired) electrons. The van der Waals surface area contributed by atoms with Crippen LogP contribution in [-0.2, 0) is 0 Å².